The summed E-state index contributed by atoms with van der Waals surface area (Å²) < 4.78 is 5.12. The summed E-state index contributed by atoms with van der Waals surface area (Å²) >= 11 is 0. The standard InChI is InChI=1S/C20H26N2O6/c1-4-8-28-20(27)21-7-5-6-13(21)9-11(2)14-10-15-16(12(3)23)18(24)22(15)17(14)19(25)26/h4,9,12-13,15-16,23H,1,5-8,10H2,2-3H3,(H,25,26)/b11-9+/t12-,13-,15-,16-/m1/s1. The number of allylic oxidation sites excluding steroid dienone is 1. The molecule has 0 radical (unpaired) electrons. The minimum absolute atomic E-state index is 0.0144. The molecule has 0 aromatic heterocycles. The van der Waals surface area contributed by atoms with Gasteiger partial charge in [0.2, 0.25) is 5.91 Å². The first kappa shape index (κ1) is 20.1. The highest BCUT2D eigenvalue weighted by molar-refractivity contribution is 6.00. The molecule has 2 fully saturated rings. The van der Waals surface area contributed by atoms with Gasteiger partial charge in [-0.25, -0.2) is 9.59 Å². The number of aliphatic carboxylic acids is 1. The summed E-state index contributed by atoms with van der Waals surface area (Å²) in [5.74, 6) is -2.08. The van der Waals surface area contributed by atoms with E-state index in [2.05, 4.69) is 6.58 Å². The number of aliphatic hydroxyl groups excluding tert-OH is 1. The highest BCUT2D eigenvalue weighted by Crippen LogP contribution is 2.45. The van der Waals surface area contributed by atoms with E-state index in [9.17, 15) is 24.6 Å². The molecule has 0 aromatic rings. The first-order valence-electron chi connectivity index (χ1n) is 9.48. The zero-order valence-corrected chi connectivity index (χ0v) is 16.1. The predicted molar refractivity (Wildman–Crippen MR) is 100 cm³/mol. The Morgan fingerprint density at radius 2 is 2.14 bits per heavy atom. The molecule has 8 nitrogen and oxygen atoms in total. The Hall–Kier alpha value is -2.61. The number of ether oxygens (including phenoxy) is 1. The van der Waals surface area contributed by atoms with Gasteiger partial charge in [0.1, 0.15) is 12.3 Å². The molecule has 28 heavy (non-hydrogen) atoms. The number of hydrogen-bond acceptors (Lipinski definition) is 5. The third-order valence-corrected chi connectivity index (χ3v) is 5.71. The van der Waals surface area contributed by atoms with Crippen LogP contribution >= 0.6 is 0 Å². The normalized spacial score (nSPS) is 28.2. The second-order valence-corrected chi connectivity index (χ2v) is 7.50. The van der Waals surface area contributed by atoms with Crippen molar-refractivity contribution in [1.82, 2.24) is 9.80 Å². The average Bonchev–Trinajstić information content (AvgIpc) is 3.21. The smallest absolute Gasteiger partial charge is 0.410 e. The average molecular weight is 390 g/mol. The van der Waals surface area contributed by atoms with Crippen LogP contribution in [0.15, 0.2) is 35.6 Å². The molecule has 3 rings (SSSR count). The fraction of sp³-hybridized carbons (Fsp3) is 0.550. The van der Waals surface area contributed by atoms with Crippen molar-refractivity contribution in [2.75, 3.05) is 13.2 Å². The van der Waals surface area contributed by atoms with Crippen molar-refractivity contribution < 1.29 is 29.3 Å². The summed E-state index contributed by atoms with van der Waals surface area (Å²) in [6.07, 6.45) is 4.13. The molecule has 2 N–H and O–H groups in total. The molecule has 0 aliphatic carbocycles. The molecule has 0 spiro atoms. The molecular weight excluding hydrogens is 364 g/mol. The second kappa shape index (κ2) is 7.79. The number of nitrogens with zero attached hydrogens (tertiary/aromatic N) is 2. The maximum absolute atomic E-state index is 12.3. The monoisotopic (exact) mass is 390 g/mol. The molecule has 2 amide bonds. The largest absolute Gasteiger partial charge is 0.477 e. The third-order valence-electron chi connectivity index (χ3n) is 5.71. The molecule has 0 unspecified atom stereocenters. The van der Waals surface area contributed by atoms with Crippen LogP contribution in [0.25, 0.3) is 0 Å². The van der Waals surface area contributed by atoms with E-state index >= 15 is 0 Å². The summed E-state index contributed by atoms with van der Waals surface area (Å²) in [4.78, 5) is 39.3. The van der Waals surface area contributed by atoms with Gasteiger partial charge in [0.25, 0.3) is 0 Å². The molecule has 152 valence electrons. The molecule has 3 aliphatic rings. The molecule has 3 heterocycles. The zero-order chi connectivity index (χ0) is 20.6. The number of fused-ring (bicyclic) bond motifs is 1. The molecule has 2 saturated heterocycles. The number of carbonyl (C=O) groups is 3. The minimum Gasteiger partial charge on any atom is -0.477 e. The van der Waals surface area contributed by atoms with Crippen LogP contribution in [-0.2, 0) is 14.3 Å². The number of amides is 2. The van der Waals surface area contributed by atoms with Gasteiger partial charge in [-0.05, 0) is 44.3 Å². The van der Waals surface area contributed by atoms with Crippen LogP contribution in [0.5, 0.6) is 0 Å². The number of β-lactam (4-membered cyclic amide) rings is 1. The molecular formula is C20H26N2O6. The van der Waals surface area contributed by atoms with Crippen LogP contribution in [-0.4, -0.2) is 69.3 Å². The first-order valence-corrected chi connectivity index (χ1v) is 9.48. The molecule has 8 heteroatoms. The van der Waals surface area contributed by atoms with E-state index in [1.165, 1.54) is 11.0 Å². The molecule has 4 atom stereocenters. The molecule has 3 aliphatic heterocycles. The quantitative estimate of drug-likeness (QED) is 0.528. The van der Waals surface area contributed by atoms with Gasteiger partial charge >= 0.3 is 12.1 Å². The Morgan fingerprint density at radius 3 is 2.75 bits per heavy atom. The number of carboxylic acids is 1. The topological polar surface area (TPSA) is 107 Å². The summed E-state index contributed by atoms with van der Waals surface area (Å²) in [5.41, 5.74) is 1.30. The highest BCUT2D eigenvalue weighted by atomic mass is 16.6. The third kappa shape index (κ3) is 3.32. The summed E-state index contributed by atoms with van der Waals surface area (Å²) in [6.45, 7) is 7.59. The zero-order valence-electron chi connectivity index (χ0n) is 16.1. The van der Waals surface area contributed by atoms with Crippen molar-refractivity contribution in [2.24, 2.45) is 5.92 Å². The Bertz CT molecular complexity index is 769. The molecule has 0 aromatic carbocycles. The van der Waals surface area contributed by atoms with Gasteiger partial charge in [-0.1, -0.05) is 18.7 Å². The van der Waals surface area contributed by atoms with Crippen LogP contribution in [0.4, 0.5) is 4.79 Å². The van der Waals surface area contributed by atoms with Crippen LogP contribution in [0.3, 0.4) is 0 Å². The Balaban J connectivity index is 1.84. The van der Waals surface area contributed by atoms with E-state index in [4.69, 9.17) is 4.74 Å². The van der Waals surface area contributed by atoms with Gasteiger partial charge in [-0.2, -0.15) is 0 Å². The lowest BCUT2D eigenvalue weighted by Gasteiger charge is -2.44. The lowest BCUT2D eigenvalue weighted by atomic mass is 9.82. The van der Waals surface area contributed by atoms with Gasteiger partial charge in [0, 0.05) is 6.54 Å². The number of hydrogen-bond donors (Lipinski definition) is 2. The number of carbonyl (C=O) groups excluding carboxylic acids is 2. The van der Waals surface area contributed by atoms with Gasteiger partial charge < -0.3 is 24.7 Å². The van der Waals surface area contributed by atoms with Crippen molar-refractivity contribution in [2.45, 2.75) is 51.3 Å². The van der Waals surface area contributed by atoms with Crippen LogP contribution in [0.1, 0.15) is 33.1 Å². The summed E-state index contributed by atoms with van der Waals surface area (Å²) in [6, 6.07) is -0.509. The number of aliphatic hydroxyl groups is 1. The molecule has 0 saturated carbocycles. The number of carboxylic acid groups (broad SMARTS) is 1. The van der Waals surface area contributed by atoms with Gasteiger partial charge in [-0.3, -0.25) is 4.79 Å². The van der Waals surface area contributed by atoms with Crippen molar-refractivity contribution in [3.05, 3.63) is 35.6 Å². The fourth-order valence-electron chi connectivity index (χ4n) is 4.41. The number of likely N-dealkylation sites (tertiary alicyclic amines) is 1. The van der Waals surface area contributed by atoms with E-state index in [0.717, 1.165) is 18.4 Å². The molecule has 0 bridgehead atoms. The minimum atomic E-state index is -1.16. The van der Waals surface area contributed by atoms with Crippen molar-refractivity contribution in [3.8, 4) is 0 Å². The van der Waals surface area contributed by atoms with Gasteiger partial charge in [0.05, 0.1) is 24.1 Å². The Kier molecular flexibility index (Phi) is 5.60. The first-order chi connectivity index (χ1) is 13.3. The SMILES string of the molecule is C=CCOC(=O)N1CCC[C@@H]1/C=C(\C)C1=C(C(=O)O)N2C(=O)[C@H]([C@@H](C)O)[C@H]2C1. The Morgan fingerprint density at radius 1 is 1.43 bits per heavy atom. The van der Waals surface area contributed by atoms with E-state index in [1.807, 2.05) is 6.08 Å². The second-order valence-electron chi connectivity index (χ2n) is 7.50. The van der Waals surface area contributed by atoms with Crippen LogP contribution in [0, 0.1) is 5.92 Å². The number of rotatable bonds is 6. The summed E-state index contributed by atoms with van der Waals surface area (Å²) in [5, 5.41) is 19.5. The van der Waals surface area contributed by atoms with E-state index in [1.54, 1.807) is 18.7 Å². The fourth-order valence-corrected chi connectivity index (χ4v) is 4.41. The predicted octanol–water partition coefficient (Wildman–Crippen LogP) is 1.67. The summed E-state index contributed by atoms with van der Waals surface area (Å²) in [7, 11) is 0. The van der Waals surface area contributed by atoms with E-state index < -0.39 is 24.1 Å². The van der Waals surface area contributed by atoms with Crippen LogP contribution < -0.4 is 0 Å². The maximum Gasteiger partial charge on any atom is 0.410 e. The van der Waals surface area contributed by atoms with Gasteiger partial charge in [0.15, 0.2) is 0 Å². The van der Waals surface area contributed by atoms with E-state index in [0.29, 0.717) is 18.5 Å². The van der Waals surface area contributed by atoms with Crippen molar-refractivity contribution >= 4 is 18.0 Å². The highest BCUT2D eigenvalue weighted by Gasteiger charge is 2.56. The van der Waals surface area contributed by atoms with Crippen LogP contribution in [0.2, 0.25) is 0 Å². The lowest BCUT2D eigenvalue weighted by molar-refractivity contribution is -0.161. The van der Waals surface area contributed by atoms with Crippen molar-refractivity contribution in [3.63, 3.8) is 0 Å². The maximum atomic E-state index is 12.3. The van der Waals surface area contributed by atoms with Crippen molar-refractivity contribution in [1.29, 1.82) is 0 Å². The Labute approximate surface area is 163 Å². The lowest BCUT2D eigenvalue weighted by Crippen LogP contribution is -2.61. The van der Waals surface area contributed by atoms with E-state index in [-0.39, 0.29) is 30.3 Å². The van der Waals surface area contributed by atoms with Gasteiger partial charge in [-0.15, -0.1) is 0 Å².